The zero-order chi connectivity index (χ0) is 63.2. The second-order valence-electron chi connectivity index (χ2n) is 24.0. The maximum absolute atomic E-state index is 6.72. The van der Waals surface area contributed by atoms with Crippen molar-refractivity contribution in [2.24, 2.45) is 0 Å². The van der Waals surface area contributed by atoms with E-state index in [1.165, 1.54) is 32.3 Å². The van der Waals surface area contributed by atoms with Crippen LogP contribution >= 0.6 is 0 Å². The van der Waals surface area contributed by atoms with Gasteiger partial charge in [-0.25, -0.2) is 29.9 Å². The van der Waals surface area contributed by atoms with E-state index in [9.17, 15) is 0 Å². The summed E-state index contributed by atoms with van der Waals surface area (Å²) in [5.41, 5.74) is 15.7. The van der Waals surface area contributed by atoms with Crippen molar-refractivity contribution in [2.75, 3.05) is 0 Å². The SMILES string of the molecule is c1ccc(-c2nc(-c3ccccc3)nc(-c3ccc(-n4c5ccccc5c5c6ccccc6c6c7ccccc7oc6c54)cc3)n2)cc1.c1ccc(-c2nc(-c3ccccc3)nc(-c3ccc(-n4c5ccccc5c5c6oc7ccccc7c6c6ccccc6c54)cc3)n2)cc1. The number of furan rings is 2. The van der Waals surface area contributed by atoms with E-state index in [-0.39, 0.29) is 0 Å². The molecule has 20 aromatic rings. The Morgan fingerprint density at radius 1 is 0.198 bits per heavy atom. The van der Waals surface area contributed by atoms with Crippen LogP contribution in [0, 0.1) is 0 Å². The third-order valence-corrected chi connectivity index (χ3v) is 18.5. The van der Waals surface area contributed by atoms with E-state index in [2.05, 4.69) is 191 Å². The van der Waals surface area contributed by atoms with Crippen LogP contribution in [0.3, 0.4) is 0 Å². The zero-order valence-electron chi connectivity index (χ0n) is 51.4. The van der Waals surface area contributed by atoms with Gasteiger partial charge in [0.05, 0.1) is 27.5 Å². The minimum Gasteiger partial charge on any atom is -0.455 e. The minimum absolute atomic E-state index is 0.627. The molecule has 0 bridgehead atoms. The normalized spacial score (nSPS) is 11.8. The first-order chi connectivity index (χ1) is 47.6. The number of benzene rings is 14. The Bertz CT molecular complexity index is 6300. The highest BCUT2D eigenvalue weighted by Gasteiger charge is 2.26. The quantitative estimate of drug-likeness (QED) is 0.148. The van der Waals surface area contributed by atoms with Crippen molar-refractivity contribution >= 4 is 109 Å². The lowest BCUT2D eigenvalue weighted by molar-refractivity contribution is 0.671. The monoisotopic (exact) mass is 1230 g/mol. The molecule has 0 aliphatic rings. The summed E-state index contributed by atoms with van der Waals surface area (Å²) in [6.07, 6.45) is 0. The molecule has 6 aromatic heterocycles. The van der Waals surface area contributed by atoms with Crippen molar-refractivity contribution in [2.45, 2.75) is 0 Å². The molecule has 10 nitrogen and oxygen atoms in total. The first-order valence-corrected chi connectivity index (χ1v) is 32.1. The molecule has 14 aromatic carbocycles. The van der Waals surface area contributed by atoms with Gasteiger partial charge in [-0.1, -0.05) is 243 Å². The van der Waals surface area contributed by atoms with Crippen LogP contribution in [-0.4, -0.2) is 39.0 Å². The Labute approximate surface area is 549 Å². The Balaban J connectivity index is 0.000000135. The van der Waals surface area contributed by atoms with Gasteiger partial charge in [-0.05, 0) is 89.0 Å². The maximum atomic E-state index is 6.72. The smallest absolute Gasteiger partial charge is 0.164 e. The molecule has 0 N–H and O–H groups in total. The lowest BCUT2D eigenvalue weighted by Crippen LogP contribution is -2.00. The van der Waals surface area contributed by atoms with Gasteiger partial charge < -0.3 is 18.0 Å². The topological polar surface area (TPSA) is 113 Å². The number of nitrogens with zero attached hydrogens (tertiary/aromatic N) is 8. The highest BCUT2D eigenvalue weighted by molar-refractivity contribution is 6.36. The number of para-hydroxylation sites is 4. The number of rotatable bonds is 8. The third kappa shape index (κ3) is 8.88. The molecule has 0 fully saturated rings. The Morgan fingerprint density at radius 3 is 0.896 bits per heavy atom. The number of hydrogen-bond donors (Lipinski definition) is 0. The van der Waals surface area contributed by atoms with Crippen LogP contribution in [0.4, 0.5) is 0 Å². The Morgan fingerprint density at radius 2 is 0.479 bits per heavy atom. The molecule has 96 heavy (non-hydrogen) atoms. The van der Waals surface area contributed by atoms with Crippen LogP contribution in [0.25, 0.3) is 189 Å². The van der Waals surface area contributed by atoms with Gasteiger partial charge in [0, 0.05) is 87.8 Å². The highest BCUT2D eigenvalue weighted by atomic mass is 16.3. The number of fused-ring (bicyclic) bond motifs is 20. The van der Waals surface area contributed by atoms with Gasteiger partial charge in [0.2, 0.25) is 0 Å². The Hall–Kier alpha value is -13.2. The average Bonchev–Trinajstić information content (AvgIpc) is 1.47. The lowest BCUT2D eigenvalue weighted by Gasteiger charge is -2.12. The molecule has 10 heteroatoms. The van der Waals surface area contributed by atoms with Gasteiger partial charge in [-0.2, -0.15) is 0 Å². The summed E-state index contributed by atoms with van der Waals surface area (Å²) in [5.74, 6) is 3.84. The molecule has 6 heterocycles. The van der Waals surface area contributed by atoms with Gasteiger partial charge in [0.25, 0.3) is 0 Å². The van der Waals surface area contributed by atoms with Gasteiger partial charge in [0.1, 0.15) is 16.7 Å². The van der Waals surface area contributed by atoms with Crippen LogP contribution < -0.4 is 0 Å². The van der Waals surface area contributed by atoms with Gasteiger partial charge >= 0.3 is 0 Å². The van der Waals surface area contributed by atoms with Crippen LogP contribution in [0.1, 0.15) is 0 Å². The van der Waals surface area contributed by atoms with E-state index in [0.717, 1.165) is 121 Å². The third-order valence-electron chi connectivity index (χ3n) is 18.5. The fourth-order valence-electron chi connectivity index (χ4n) is 14.2. The standard InChI is InChI=1S/2C43H26N4O/c1-3-13-27(14-4-1)41-44-42(28-15-5-2-6-16-28)46-43(45-41)29-23-25-30(26-24-29)47-35-21-11-9-19-33(35)38-39(47)32-18-8-7-17-31(32)37-34-20-10-12-22-36(34)48-40(37)38;1-3-13-27(14-4-1)41-44-42(28-15-5-2-6-16-28)46-43(45-41)29-23-25-30(26-24-29)47-35-21-11-9-19-33(35)37-31-17-7-8-18-32(31)38-34-20-10-12-22-36(34)48-40(38)39(37)47/h2*1-26H. The summed E-state index contributed by atoms with van der Waals surface area (Å²) in [6, 6.07) is 109. The molecule has 0 saturated heterocycles. The predicted octanol–water partition coefficient (Wildman–Crippen LogP) is 22.0. The Kier molecular flexibility index (Phi) is 12.7. The van der Waals surface area contributed by atoms with Gasteiger partial charge in [-0.3, -0.25) is 0 Å². The molecule has 0 atom stereocenters. The molecule has 0 aliphatic carbocycles. The molecule has 0 spiro atoms. The summed E-state index contributed by atoms with van der Waals surface area (Å²) < 4.78 is 18.1. The van der Waals surface area contributed by atoms with E-state index in [1.54, 1.807) is 0 Å². The molecular formula is C86H52N8O2. The van der Waals surface area contributed by atoms with Crippen molar-refractivity contribution < 1.29 is 8.83 Å². The first-order valence-electron chi connectivity index (χ1n) is 32.1. The van der Waals surface area contributed by atoms with Crippen LogP contribution in [-0.2, 0) is 0 Å². The van der Waals surface area contributed by atoms with Crippen LogP contribution in [0.5, 0.6) is 0 Å². The summed E-state index contributed by atoms with van der Waals surface area (Å²) in [4.78, 5) is 29.5. The van der Waals surface area contributed by atoms with E-state index in [1.807, 2.05) is 133 Å². The lowest BCUT2D eigenvalue weighted by atomic mass is 9.99. The van der Waals surface area contributed by atoms with E-state index < -0.39 is 0 Å². The maximum Gasteiger partial charge on any atom is 0.164 e. The van der Waals surface area contributed by atoms with Crippen molar-refractivity contribution in [1.82, 2.24) is 39.0 Å². The highest BCUT2D eigenvalue weighted by Crippen LogP contribution is 2.48. The van der Waals surface area contributed by atoms with Gasteiger partial charge in [0.15, 0.2) is 40.5 Å². The van der Waals surface area contributed by atoms with Crippen LogP contribution in [0.2, 0.25) is 0 Å². The molecular weight excluding hydrogens is 1180 g/mol. The zero-order valence-corrected chi connectivity index (χ0v) is 51.4. The van der Waals surface area contributed by atoms with Crippen molar-refractivity contribution in [3.8, 4) is 79.7 Å². The van der Waals surface area contributed by atoms with Crippen molar-refractivity contribution in [1.29, 1.82) is 0 Å². The minimum atomic E-state index is 0.627. The second-order valence-corrected chi connectivity index (χ2v) is 24.0. The van der Waals surface area contributed by atoms with E-state index in [0.29, 0.717) is 34.9 Å². The van der Waals surface area contributed by atoms with Gasteiger partial charge in [-0.15, -0.1) is 0 Å². The number of hydrogen-bond acceptors (Lipinski definition) is 8. The largest absolute Gasteiger partial charge is 0.455 e. The van der Waals surface area contributed by atoms with Crippen LogP contribution in [0.15, 0.2) is 324 Å². The van der Waals surface area contributed by atoms with Crippen molar-refractivity contribution in [3.63, 3.8) is 0 Å². The van der Waals surface area contributed by atoms with E-state index in [4.69, 9.17) is 38.7 Å². The molecule has 0 aliphatic heterocycles. The molecule has 0 unspecified atom stereocenters. The summed E-state index contributed by atoms with van der Waals surface area (Å²) in [7, 11) is 0. The molecule has 0 saturated carbocycles. The summed E-state index contributed by atoms with van der Waals surface area (Å²) in [6.45, 7) is 0. The predicted molar refractivity (Wildman–Crippen MR) is 391 cm³/mol. The second kappa shape index (κ2) is 22.3. The first kappa shape index (κ1) is 54.5. The average molecular weight is 1230 g/mol. The molecule has 448 valence electrons. The molecule has 20 rings (SSSR count). The summed E-state index contributed by atoms with van der Waals surface area (Å²) >= 11 is 0. The fourth-order valence-corrected chi connectivity index (χ4v) is 14.2. The fraction of sp³-hybridized carbons (Fsp3) is 0. The van der Waals surface area contributed by atoms with E-state index >= 15 is 0 Å². The summed E-state index contributed by atoms with van der Waals surface area (Å²) in [5, 5.41) is 14.0. The van der Waals surface area contributed by atoms with Crippen molar-refractivity contribution in [3.05, 3.63) is 315 Å². The molecule has 0 radical (unpaired) electrons. The number of aromatic nitrogens is 8. The molecule has 0 amide bonds.